The first-order valence-electron chi connectivity index (χ1n) is 7.56. The third-order valence-corrected chi connectivity index (χ3v) is 3.74. The summed E-state index contributed by atoms with van der Waals surface area (Å²) in [6, 6.07) is 9.82. The second-order valence-electron chi connectivity index (χ2n) is 6.61. The molecule has 0 radical (unpaired) electrons. The van der Waals surface area contributed by atoms with Crippen LogP contribution >= 0.6 is 0 Å². The topological polar surface area (TPSA) is 82.8 Å². The average Bonchev–Trinajstić information content (AvgIpc) is 3.13. The van der Waals surface area contributed by atoms with Crippen molar-refractivity contribution in [3.63, 3.8) is 0 Å². The minimum absolute atomic E-state index is 0.0308. The maximum absolute atomic E-state index is 5.61. The lowest BCUT2D eigenvalue weighted by Crippen LogP contribution is -2.12. The third-order valence-electron chi connectivity index (χ3n) is 3.74. The van der Waals surface area contributed by atoms with Gasteiger partial charge in [0.25, 0.3) is 5.89 Å². The minimum atomic E-state index is -0.0308. The lowest BCUT2D eigenvalue weighted by atomic mass is 9.92. The maximum Gasteiger partial charge on any atom is 0.276 e. The second-order valence-corrected chi connectivity index (χ2v) is 6.61. The Bertz CT molecular complexity index is 808. The van der Waals surface area contributed by atoms with Gasteiger partial charge in [-0.05, 0) is 11.6 Å². The Hall–Kier alpha value is -2.47. The molecule has 2 heterocycles. The highest BCUT2D eigenvalue weighted by molar-refractivity contribution is 5.58. The van der Waals surface area contributed by atoms with Gasteiger partial charge in [0.1, 0.15) is 5.69 Å². The fourth-order valence-corrected chi connectivity index (χ4v) is 2.27. The number of aryl methyl sites for hydroxylation is 1. The van der Waals surface area contributed by atoms with Crippen molar-refractivity contribution >= 4 is 0 Å². The number of benzene rings is 1. The van der Waals surface area contributed by atoms with Crippen LogP contribution in [0.2, 0.25) is 0 Å². The molecule has 0 saturated carbocycles. The zero-order valence-electron chi connectivity index (χ0n) is 13.9. The van der Waals surface area contributed by atoms with Gasteiger partial charge in [-0.1, -0.05) is 50.2 Å². The Morgan fingerprint density at radius 2 is 1.87 bits per heavy atom. The summed E-state index contributed by atoms with van der Waals surface area (Å²) in [7, 11) is 1.88. The van der Waals surface area contributed by atoms with Crippen molar-refractivity contribution in [1.82, 2.24) is 19.9 Å². The Balaban J connectivity index is 1.94. The quantitative estimate of drug-likeness (QED) is 0.804. The Morgan fingerprint density at radius 3 is 2.43 bits per heavy atom. The molecule has 6 heteroatoms. The van der Waals surface area contributed by atoms with Gasteiger partial charge >= 0.3 is 0 Å². The van der Waals surface area contributed by atoms with Gasteiger partial charge < -0.3 is 10.3 Å². The van der Waals surface area contributed by atoms with E-state index in [2.05, 4.69) is 36.0 Å². The second kappa shape index (κ2) is 5.62. The summed E-state index contributed by atoms with van der Waals surface area (Å²) in [4.78, 5) is 4.49. The highest BCUT2D eigenvalue weighted by atomic mass is 16.5. The Morgan fingerprint density at radius 1 is 1.17 bits per heavy atom. The van der Waals surface area contributed by atoms with Crippen LogP contribution in [0.3, 0.4) is 0 Å². The number of nitrogens with two attached hydrogens (primary N) is 1. The van der Waals surface area contributed by atoms with Crippen LogP contribution in [0.15, 0.2) is 34.9 Å². The van der Waals surface area contributed by atoms with Gasteiger partial charge in [0.15, 0.2) is 0 Å². The monoisotopic (exact) mass is 311 g/mol. The van der Waals surface area contributed by atoms with Crippen LogP contribution in [0, 0.1) is 0 Å². The summed E-state index contributed by atoms with van der Waals surface area (Å²) in [5, 5.41) is 8.61. The molecule has 0 aliphatic heterocycles. The van der Waals surface area contributed by atoms with Gasteiger partial charge in [0.05, 0.1) is 5.69 Å². The molecule has 3 rings (SSSR count). The molecule has 2 N–H and O–H groups in total. The minimum Gasteiger partial charge on any atom is -0.332 e. The summed E-state index contributed by atoms with van der Waals surface area (Å²) >= 11 is 0. The Kier molecular flexibility index (Phi) is 3.77. The molecule has 0 atom stereocenters. The molecule has 0 fully saturated rings. The lowest BCUT2D eigenvalue weighted by Gasteiger charge is -2.13. The fourth-order valence-electron chi connectivity index (χ4n) is 2.27. The van der Waals surface area contributed by atoms with Crippen molar-refractivity contribution in [2.75, 3.05) is 0 Å². The standard InChI is InChI=1S/C17H21N5O/c1-17(2,3)14-9-13(22(4)20-14)16-19-15(21-23-16)12-7-5-11(10-18)6-8-12/h5-9H,10,18H2,1-4H3. The van der Waals surface area contributed by atoms with Crippen LogP contribution in [-0.2, 0) is 19.0 Å². The van der Waals surface area contributed by atoms with E-state index in [0.29, 0.717) is 18.3 Å². The molecule has 0 saturated heterocycles. The number of nitrogens with zero attached hydrogens (tertiary/aromatic N) is 4. The number of hydrogen-bond donors (Lipinski definition) is 1. The van der Waals surface area contributed by atoms with Crippen molar-refractivity contribution in [3.8, 4) is 23.0 Å². The lowest BCUT2D eigenvalue weighted by molar-refractivity contribution is 0.428. The molecule has 0 unspecified atom stereocenters. The van der Waals surface area contributed by atoms with Gasteiger partial charge in [-0.2, -0.15) is 10.1 Å². The first kappa shape index (κ1) is 15.4. The molecule has 0 bridgehead atoms. The van der Waals surface area contributed by atoms with Gasteiger partial charge in [0, 0.05) is 24.6 Å². The molecule has 1 aromatic carbocycles. The van der Waals surface area contributed by atoms with Gasteiger partial charge in [-0.15, -0.1) is 0 Å². The summed E-state index contributed by atoms with van der Waals surface area (Å²) in [6.07, 6.45) is 0. The molecule has 0 amide bonds. The highest BCUT2D eigenvalue weighted by Crippen LogP contribution is 2.27. The van der Waals surface area contributed by atoms with Crippen molar-refractivity contribution in [1.29, 1.82) is 0 Å². The van der Waals surface area contributed by atoms with E-state index >= 15 is 0 Å². The zero-order chi connectivity index (χ0) is 16.6. The van der Waals surface area contributed by atoms with Crippen LogP contribution in [0.4, 0.5) is 0 Å². The van der Waals surface area contributed by atoms with E-state index < -0.39 is 0 Å². The number of rotatable bonds is 3. The smallest absolute Gasteiger partial charge is 0.276 e. The van der Waals surface area contributed by atoms with Crippen LogP contribution < -0.4 is 5.73 Å². The van der Waals surface area contributed by atoms with Crippen LogP contribution in [0.5, 0.6) is 0 Å². The molecule has 2 aromatic heterocycles. The first-order valence-corrected chi connectivity index (χ1v) is 7.56. The molecular formula is C17H21N5O. The zero-order valence-corrected chi connectivity index (χ0v) is 13.9. The molecule has 23 heavy (non-hydrogen) atoms. The van der Waals surface area contributed by atoms with Crippen molar-refractivity contribution in [2.24, 2.45) is 12.8 Å². The maximum atomic E-state index is 5.61. The third kappa shape index (κ3) is 3.03. The van der Waals surface area contributed by atoms with Gasteiger partial charge in [-0.25, -0.2) is 0 Å². The van der Waals surface area contributed by atoms with Crippen molar-refractivity contribution in [2.45, 2.75) is 32.7 Å². The fraction of sp³-hybridized carbons (Fsp3) is 0.353. The van der Waals surface area contributed by atoms with E-state index in [9.17, 15) is 0 Å². The summed E-state index contributed by atoms with van der Waals surface area (Å²) in [5.41, 5.74) is 9.35. The van der Waals surface area contributed by atoms with E-state index in [1.54, 1.807) is 4.68 Å². The predicted octanol–water partition coefficient (Wildman–Crippen LogP) is 2.89. The molecule has 0 aliphatic carbocycles. The summed E-state index contributed by atoms with van der Waals surface area (Å²) in [6.45, 7) is 6.88. The molecular weight excluding hydrogens is 290 g/mol. The normalized spacial score (nSPS) is 11.9. The largest absolute Gasteiger partial charge is 0.332 e. The molecule has 120 valence electrons. The summed E-state index contributed by atoms with van der Waals surface area (Å²) < 4.78 is 7.20. The van der Waals surface area contributed by atoms with E-state index in [1.807, 2.05) is 37.4 Å². The first-order chi connectivity index (χ1) is 10.9. The SMILES string of the molecule is Cn1nc(C(C)(C)C)cc1-c1nc(-c2ccc(CN)cc2)no1. The summed E-state index contributed by atoms with van der Waals surface area (Å²) in [5.74, 6) is 1.02. The van der Waals surface area contributed by atoms with E-state index in [0.717, 1.165) is 22.5 Å². The number of hydrogen-bond acceptors (Lipinski definition) is 5. The van der Waals surface area contributed by atoms with Gasteiger partial charge in [-0.3, -0.25) is 4.68 Å². The molecule has 0 spiro atoms. The van der Waals surface area contributed by atoms with Crippen molar-refractivity contribution < 1.29 is 4.52 Å². The van der Waals surface area contributed by atoms with E-state index in [1.165, 1.54) is 0 Å². The Labute approximate surface area is 135 Å². The molecule has 3 aromatic rings. The molecule has 0 aliphatic rings. The van der Waals surface area contributed by atoms with Crippen LogP contribution in [0.1, 0.15) is 32.0 Å². The van der Waals surface area contributed by atoms with Crippen LogP contribution in [-0.4, -0.2) is 19.9 Å². The highest BCUT2D eigenvalue weighted by Gasteiger charge is 2.22. The van der Waals surface area contributed by atoms with E-state index in [-0.39, 0.29) is 5.41 Å². The molecule has 6 nitrogen and oxygen atoms in total. The van der Waals surface area contributed by atoms with E-state index in [4.69, 9.17) is 10.3 Å². The van der Waals surface area contributed by atoms with Crippen molar-refractivity contribution in [3.05, 3.63) is 41.6 Å². The number of aromatic nitrogens is 4. The predicted molar refractivity (Wildman–Crippen MR) is 88.5 cm³/mol. The average molecular weight is 311 g/mol. The van der Waals surface area contributed by atoms with Gasteiger partial charge in [0.2, 0.25) is 5.82 Å². The van der Waals surface area contributed by atoms with Crippen LogP contribution in [0.25, 0.3) is 23.0 Å².